The highest BCUT2D eigenvalue weighted by Crippen LogP contribution is 2.27. The number of benzene rings is 1. The molecule has 2 aromatic rings. The Hall–Kier alpha value is -1.56. The van der Waals surface area contributed by atoms with Gasteiger partial charge in [-0.3, -0.25) is 0 Å². The minimum absolute atomic E-state index is 0.526. The van der Waals surface area contributed by atoms with Crippen LogP contribution in [0.5, 0.6) is 0 Å². The lowest BCUT2D eigenvalue weighted by Crippen LogP contribution is -2.18. The standard InChI is InChI=1S/C12H13BrN4O/c13-9-7-8(3-4-10(9)14)11-15-12(16-18-11)17-5-1-2-6-17/h3-4,7H,1-2,5-6,14H2. The molecule has 0 bridgehead atoms. The van der Waals surface area contributed by atoms with E-state index in [-0.39, 0.29) is 0 Å². The van der Waals surface area contributed by atoms with Crippen LogP contribution in [0.3, 0.4) is 0 Å². The molecule has 0 amide bonds. The van der Waals surface area contributed by atoms with Crippen molar-refractivity contribution in [2.45, 2.75) is 12.8 Å². The molecule has 1 aliphatic heterocycles. The SMILES string of the molecule is Nc1ccc(-c2nc(N3CCCC3)no2)cc1Br. The molecule has 0 aliphatic carbocycles. The highest BCUT2D eigenvalue weighted by molar-refractivity contribution is 9.10. The van der Waals surface area contributed by atoms with Gasteiger partial charge < -0.3 is 15.2 Å². The first-order valence-electron chi connectivity index (χ1n) is 5.88. The van der Waals surface area contributed by atoms with Crippen molar-refractivity contribution in [2.24, 2.45) is 0 Å². The van der Waals surface area contributed by atoms with Gasteiger partial charge in [0.05, 0.1) is 0 Å². The van der Waals surface area contributed by atoms with E-state index in [4.69, 9.17) is 10.3 Å². The van der Waals surface area contributed by atoms with Crippen LogP contribution < -0.4 is 10.6 Å². The van der Waals surface area contributed by atoms with Crippen molar-refractivity contribution >= 4 is 27.6 Å². The summed E-state index contributed by atoms with van der Waals surface area (Å²) in [5.41, 5.74) is 7.31. The Labute approximate surface area is 113 Å². The van der Waals surface area contributed by atoms with Crippen LogP contribution in [0.15, 0.2) is 27.2 Å². The fraction of sp³-hybridized carbons (Fsp3) is 0.333. The molecule has 0 spiro atoms. The maximum Gasteiger partial charge on any atom is 0.266 e. The molecule has 2 heterocycles. The van der Waals surface area contributed by atoms with Crippen LogP contribution in [0.4, 0.5) is 11.6 Å². The maximum atomic E-state index is 5.75. The maximum absolute atomic E-state index is 5.75. The van der Waals surface area contributed by atoms with E-state index in [9.17, 15) is 0 Å². The minimum Gasteiger partial charge on any atom is -0.398 e. The predicted octanol–water partition coefficient (Wildman–Crippen LogP) is 2.68. The molecule has 6 heteroatoms. The van der Waals surface area contributed by atoms with Crippen LogP contribution in [-0.2, 0) is 0 Å². The molecule has 0 atom stereocenters. The van der Waals surface area contributed by atoms with E-state index >= 15 is 0 Å². The van der Waals surface area contributed by atoms with Crippen molar-refractivity contribution in [1.82, 2.24) is 10.1 Å². The van der Waals surface area contributed by atoms with E-state index in [0.717, 1.165) is 23.1 Å². The Bertz CT molecular complexity index is 563. The molecule has 94 valence electrons. The first kappa shape index (κ1) is 11.5. The van der Waals surface area contributed by atoms with Gasteiger partial charge in [0.15, 0.2) is 0 Å². The lowest BCUT2D eigenvalue weighted by molar-refractivity contribution is 0.430. The van der Waals surface area contributed by atoms with Gasteiger partial charge in [-0.25, -0.2) is 0 Å². The van der Waals surface area contributed by atoms with Crippen molar-refractivity contribution < 1.29 is 4.52 Å². The molecule has 1 fully saturated rings. The molecule has 0 unspecified atom stereocenters. The number of hydrogen-bond acceptors (Lipinski definition) is 5. The van der Waals surface area contributed by atoms with Gasteiger partial charge in [0.1, 0.15) is 0 Å². The van der Waals surface area contributed by atoms with Gasteiger partial charge in [0.25, 0.3) is 11.8 Å². The second-order valence-electron chi connectivity index (χ2n) is 4.33. The summed E-state index contributed by atoms with van der Waals surface area (Å²) in [5, 5.41) is 4.02. The van der Waals surface area contributed by atoms with Gasteiger partial charge in [0, 0.05) is 28.8 Å². The zero-order chi connectivity index (χ0) is 12.5. The van der Waals surface area contributed by atoms with Gasteiger partial charge in [0.2, 0.25) is 0 Å². The summed E-state index contributed by atoms with van der Waals surface area (Å²) < 4.78 is 6.13. The summed E-state index contributed by atoms with van der Waals surface area (Å²) in [7, 11) is 0. The summed E-state index contributed by atoms with van der Waals surface area (Å²) in [5.74, 6) is 1.20. The van der Waals surface area contributed by atoms with Crippen molar-refractivity contribution in [3.05, 3.63) is 22.7 Å². The average Bonchev–Trinajstić information content (AvgIpc) is 3.01. The van der Waals surface area contributed by atoms with Crippen LogP contribution in [0.2, 0.25) is 0 Å². The smallest absolute Gasteiger partial charge is 0.266 e. The third-order valence-electron chi connectivity index (χ3n) is 3.05. The van der Waals surface area contributed by atoms with Gasteiger partial charge >= 0.3 is 0 Å². The second-order valence-corrected chi connectivity index (χ2v) is 5.18. The monoisotopic (exact) mass is 308 g/mol. The van der Waals surface area contributed by atoms with E-state index in [1.54, 1.807) is 0 Å². The van der Waals surface area contributed by atoms with Crippen LogP contribution in [-0.4, -0.2) is 23.2 Å². The Balaban J connectivity index is 1.89. The van der Waals surface area contributed by atoms with E-state index in [1.165, 1.54) is 12.8 Å². The summed E-state index contributed by atoms with van der Waals surface area (Å²) in [6, 6.07) is 5.58. The first-order valence-corrected chi connectivity index (χ1v) is 6.67. The van der Waals surface area contributed by atoms with E-state index in [0.29, 0.717) is 17.5 Å². The quantitative estimate of drug-likeness (QED) is 0.864. The molecule has 1 aromatic carbocycles. The average molecular weight is 309 g/mol. The third-order valence-corrected chi connectivity index (χ3v) is 3.74. The molecular formula is C12H13BrN4O. The summed E-state index contributed by atoms with van der Waals surface area (Å²) in [6.45, 7) is 2.01. The number of nitrogen functional groups attached to an aromatic ring is 1. The predicted molar refractivity (Wildman–Crippen MR) is 73.3 cm³/mol. The minimum atomic E-state index is 0.526. The number of nitrogens with two attached hydrogens (primary N) is 1. The van der Waals surface area contributed by atoms with Crippen LogP contribution >= 0.6 is 15.9 Å². The molecule has 2 N–H and O–H groups in total. The Morgan fingerprint density at radius 3 is 2.78 bits per heavy atom. The number of anilines is 2. The van der Waals surface area contributed by atoms with Gasteiger partial charge in [-0.1, -0.05) is 0 Å². The number of aromatic nitrogens is 2. The van der Waals surface area contributed by atoms with Crippen LogP contribution in [0.1, 0.15) is 12.8 Å². The number of hydrogen-bond donors (Lipinski definition) is 1. The number of nitrogens with zero attached hydrogens (tertiary/aromatic N) is 3. The zero-order valence-corrected chi connectivity index (χ0v) is 11.4. The highest BCUT2D eigenvalue weighted by atomic mass is 79.9. The van der Waals surface area contributed by atoms with Crippen LogP contribution in [0, 0.1) is 0 Å². The molecule has 5 nitrogen and oxygen atoms in total. The zero-order valence-electron chi connectivity index (χ0n) is 9.77. The van der Waals surface area contributed by atoms with Crippen molar-refractivity contribution in [3.8, 4) is 11.5 Å². The fourth-order valence-corrected chi connectivity index (χ4v) is 2.42. The van der Waals surface area contributed by atoms with E-state index in [1.807, 2.05) is 18.2 Å². The molecule has 0 saturated carbocycles. The topological polar surface area (TPSA) is 68.2 Å². The van der Waals surface area contributed by atoms with E-state index in [2.05, 4.69) is 31.0 Å². The highest BCUT2D eigenvalue weighted by Gasteiger charge is 2.18. The molecule has 1 aromatic heterocycles. The largest absolute Gasteiger partial charge is 0.398 e. The van der Waals surface area contributed by atoms with Crippen molar-refractivity contribution in [3.63, 3.8) is 0 Å². The summed E-state index contributed by atoms with van der Waals surface area (Å²) in [4.78, 5) is 6.56. The molecule has 3 rings (SSSR count). The fourth-order valence-electron chi connectivity index (χ4n) is 2.04. The molecular weight excluding hydrogens is 296 g/mol. The van der Waals surface area contributed by atoms with Gasteiger partial charge in [-0.2, -0.15) is 4.98 Å². The third kappa shape index (κ3) is 2.08. The van der Waals surface area contributed by atoms with E-state index < -0.39 is 0 Å². The van der Waals surface area contributed by atoms with Crippen LogP contribution in [0.25, 0.3) is 11.5 Å². The first-order chi connectivity index (χ1) is 8.74. The number of rotatable bonds is 2. The molecule has 0 radical (unpaired) electrons. The Morgan fingerprint density at radius 1 is 1.28 bits per heavy atom. The Morgan fingerprint density at radius 2 is 2.06 bits per heavy atom. The number of halogens is 1. The van der Waals surface area contributed by atoms with Crippen molar-refractivity contribution in [1.29, 1.82) is 0 Å². The Kier molecular flexibility index (Phi) is 2.95. The summed E-state index contributed by atoms with van der Waals surface area (Å²) in [6.07, 6.45) is 2.38. The molecule has 1 saturated heterocycles. The lowest BCUT2D eigenvalue weighted by Gasteiger charge is -2.09. The van der Waals surface area contributed by atoms with Gasteiger partial charge in [-0.05, 0) is 52.1 Å². The van der Waals surface area contributed by atoms with Gasteiger partial charge in [-0.15, -0.1) is 0 Å². The van der Waals surface area contributed by atoms with Crippen molar-refractivity contribution in [2.75, 3.05) is 23.7 Å². The molecule has 18 heavy (non-hydrogen) atoms. The summed E-state index contributed by atoms with van der Waals surface area (Å²) >= 11 is 3.39. The lowest BCUT2D eigenvalue weighted by atomic mass is 10.2. The normalized spacial score (nSPS) is 15.3. The second kappa shape index (κ2) is 4.61. The molecule has 1 aliphatic rings.